The molecule has 0 unspecified atom stereocenters. The maximum atomic E-state index is 8.74. The van der Waals surface area contributed by atoms with Crippen LogP contribution in [0.3, 0.4) is 0 Å². The molecule has 0 aromatic rings. The summed E-state index contributed by atoms with van der Waals surface area (Å²) in [6.07, 6.45) is 0. The van der Waals surface area contributed by atoms with E-state index >= 15 is 0 Å². The largest absolute Gasteiger partial charge is 2.00 e. The predicted molar refractivity (Wildman–Crippen MR) is 20.6 cm³/mol. The SMILES string of the molecule is O=S(=O)(O)O.[Mg+2].[O-2]. The van der Waals surface area contributed by atoms with Crippen molar-refractivity contribution < 1.29 is 23.0 Å². The van der Waals surface area contributed by atoms with E-state index in [2.05, 4.69) is 0 Å². The fourth-order valence-electron chi connectivity index (χ4n) is 0. The fraction of sp³-hybridized carbons (Fsp3) is 0. The molecule has 0 radical (unpaired) electrons. The van der Waals surface area contributed by atoms with E-state index in [4.69, 9.17) is 17.5 Å². The van der Waals surface area contributed by atoms with Crippen molar-refractivity contribution in [2.24, 2.45) is 0 Å². The van der Waals surface area contributed by atoms with Crippen LogP contribution >= 0.6 is 0 Å². The van der Waals surface area contributed by atoms with Crippen molar-refractivity contribution in [3.63, 3.8) is 0 Å². The van der Waals surface area contributed by atoms with Crippen molar-refractivity contribution in [3.05, 3.63) is 0 Å². The Labute approximate surface area is 56.8 Å². The summed E-state index contributed by atoms with van der Waals surface area (Å²) in [4.78, 5) is 0. The molecule has 7 heteroatoms. The molecule has 0 rings (SSSR count). The van der Waals surface area contributed by atoms with Crippen molar-refractivity contribution in [3.8, 4) is 0 Å². The summed E-state index contributed by atoms with van der Waals surface area (Å²) in [5.74, 6) is 0. The van der Waals surface area contributed by atoms with Gasteiger partial charge in [0.05, 0.1) is 0 Å². The normalized spacial score (nSPS) is 8.29. The van der Waals surface area contributed by atoms with Gasteiger partial charge >= 0.3 is 33.5 Å². The number of rotatable bonds is 0. The molecule has 0 aliphatic heterocycles. The van der Waals surface area contributed by atoms with Crippen LogP contribution in [-0.2, 0) is 15.9 Å². The molecule has 0 fully saturated rings. The minimum Gasteiger partial charge on any atom is -2.00 e. The monoisotopic (exact) mass is 138 g/mol. The van der Waals surface area contributed by atoms with Crippen LogP contribution in [0.15, 0.2) is 0 Å². The first-order valence-electron chi connectivity index (χ1n) is 0.698. The minimum atomic E-state index is -4.67. The van der Waals surface area contributed by atoms with Gasteiger partial charge in [0.25, 0.3) is 0 Å². The van der Waals surface area contributed by atoms with Crippen LogP contribution in [0, 0.1) is 0 Å². The molecule has 0 aromatic carbocycles. The molecular weight excluding hydrogens is 136 g/mol. The van der Waals surface area contributed by atoms with Gasteiger partial charge in [-0.2, -0.15) is 8.42 Å². The van der Waals surface area contributed by atoms with Crippen LogP contribution < -0.4 is 0 Å². The summed E-state index contributed by atoms with van der Waals surface area (Å²) in [7, 11) is -4.67. The first kappa shape index (κ1) is 15.6. The molecule has 0 aliphatic rings. The standard InChI is InChI=1S/Mg.H2O4S.O/c;1-5(2,3)4;/h;(H2,1,2,3,4);/q+2;;-2. The Morgan fingerprint density at radius 1 is 1.14 bits per heavy atom. The quantitative estimate of drug-likeness (QED) is 0.326. The van der Waals surface area contributed by atoms with Gasteiger partial charge in [-0.25, -0.2) is 0 Å². The Morgan fingerprint density at radius 3 is 1.14 bits per heavy atom. The van der Waals surface area contributed by atoms with Crippen molar-refractivity contribution in [1.29, 1.82) is 0 Å². The molecule has 0 atom stereocenters. The Morgan fingerprint density at radius 2 is 1.14 bits per heavy atom. The summed E-state index contributed by atoms with van der Waals surface area (Å²) in [5, 5.41) is 0. The van der Waals surface area contributed by atoms with Crippen molar-refractivity contribution in [2.45, 2.75) is 0 Å². The smallest absolute Gasteiger partial charge is 2.00 e. The summed E-state index contributed by atoms with van der Waals surface area (Å²) in [5.41, 5.74) is 0. The second-order valence-electron chi connectivity index (χ2n) is 0.448. The molecule has 0 aliphatic carbocycles. The molecule has 0 heterocycles. The van der Waals surface area contributed by atoms with Gasteiger partial charge in [0, 0.05) is 0 Å². The van der Waals surface area contributed by atoms with Gasteiger partial charge < -0.3 is 5.48 Å². The van der Waals surface area contributed by atoms with Crippen LogP contribution in [0.25, 0.3) is 0 Å². The van der Waals surface area contributed by atoms with E-state index in [9.17, 15) is 0 Å². The molecular formula is H2MgO5S. The van der Waals surface area contributed by atoms with E-state index in [1.165, 1.54) is 0 Å². The zero-order chi connectivity index (χ0) is 4.50. The van der Waals surface area contributed by atoms with Crippen LogP contribution in [0.5, 0.6) is 0 Å². The zero-order valence-corrected chi connectivity index (χ0v) is 5.47. The molecule has 40 valence electrons. The molecule has 0 bridgehead atoms. The summed E-state index contributed by atoms with van der Waals surface area (Å²) >= 11 is 0. The Bertz CT molecular complexity index is 91.2. The molecule has 2 N–H and O–H groups in total. The molecule has 0 amide bonds. The third-order valence-electron chi connectivity index (χ3n) is 0. The first-order valence-corrected chi connectivity index (χ1v) is 2.10. The first-order chi connectivity index (χ1) is 2.00. The molecule has 0 spiro atoms. The Kier molecular flexibility index (Phi) is 10.6. The van der Waals surface area contributed by atoms with Crippen LogP contribution in [-0.4, -0.2) is 40.6 Å². The van der Waals surface area contributed by atoms with Gasteiger partial charge in [0.2, 0.25) is 0 Å². The maximum absolute atomic E-state index is 8.74. The van der Waals surface area contributed by atoms with Gasteiger partial charge in [-0.05, 0) is 0 Å². The van der Waals surface area contributed by atoms with E-state index in [-0.39, 0.29) is 28.5 Å². The topological polar surface area (TPSA) is 103 Å². The van der Waals surface area contributed by atoms with E-state index in [1.807, 2.05) is 0 Å². The van der Waals surface area contributed by atoms with Gasteiger partial charge in [-0.15, -0.1) is 0 Å². The average Bonchev–Trinajstić information content (AvgIpc) is 0.722. The van der Waals surface area contributed by atoms with Gasteiger partial charge in [0.1, 0.15) is 0 Å². The van der Waals surface area contributed by atoms with Crippen LogP contribution in [0.4, 0.5) is 0 Å². The third-order valence-corrected chi connectivity index (χ3v) is 0. The van der Waals surface area contributed by atoms with E-state index in [1.54, 1.807) is 0 Å². The van der Waals surface area contributed by atoms with Crippen LogP contribution in [0.1, 0.15) is 0 Å². The number of hydrogen-bond acceptors (Lipinski definition) is 2. The fourth-order valence-corrected chi connectivity index (χ4v) is 0. The van der Waals surface area contributed by atoms with E-state index in [0.29, 0.717) is 0 Å². The zero-order valence-electron chi connectivity index (χ0n) is 3.23. The van der Waals surface area contributed by atoms with Gasteiger partial charge in [-0.1, -0.05) is 0 Å². The van der Waals surface area contributed by atoms with Gasteiger partial charge in [-0.3, -0.25) is 9.11 Å². The number of hydrogen-bond donors (Lipinski definition) is 2. The maximum Gasteiger partial charge on any atom is 2.00 e. The van der Waals surface area contributed by atoms with E-state index < -0.39 is 10.4 Å². The Balaban J connectivity index is -0.0000000800. The second kappa shape index (κ2) is 4.75. The van der Waals surface area contributed by atoms with Crippen molar-refractivity contribution in [2.75, 3.05) is 0 Å². The summed E-state index contributed by atoms with van der Waals surface area (Å²) in [6.45, 7) is 0. The van der Waals surface area contributed by atoms with Crippen LogP contribution in [0.2, 0.25) is 0 Å². The minimum absolute atomic E-state index is 0. The summed E-state index contributed by atoms with van der Waals surface area (Å²) < 4.78 is 31.6. The molecule has 5 nitrogen and oxygen atoms in total. The Hall–Kier alpha value is 0.596. The third kappa shape index (κ3) is 392. The average molecular weight is 138 g/mol. The molecule has 0 saturated heterocycles. The van der Waals surface area contributed by atoms with Gasteiger partial charge in [0.15, 0.2) is 0 Å². The predicted octanol–water partition coefficient (Wildman–Crippen LogP) is -1.15. The van der Waals surface area contributed by atoms with Crippen molar-refractivity contribution >= 4 is 33.5 Å². The molecule has 7 heavy (non-hydrogen) atoms. The van der Waals surface area contributed by atoms with E-state index in [0.717, 1.165) is 0 Å². The molecule has 0 aromatic heterocycles. The summed E-state index contributed by atoms with van der Waals surface area (Å²) in [6, 6.07) is 0. The van der Waals surface area contributed by atoms with Crippen molar-refractivity contribution in [1.82, 2.24) is 0 Å². The molecule has 0 saturated carbocycles. The second-order valence-corrected chi connectivity index (χ2v) is 1.34.